The largest absolute Gasteiger partial charge is 0.493 e. The van der Waals surface area contributed by atoms with Crippen molar-refractivity contribution in [3.63, 3.8) is 0 Å². The first kappa shape index (κ1) is 17.9. The molecule has 6 nitrogen and oxygen atoms in total. The molecule has 2 heterocycles. The van der Waals surface area contributed by atoms with Gasteiger partial charge in [-0.15, -0.1) is 0 Å². The fourth-order valence-corrected chi connectivity index (χ4v) is 3.56. The van der Waals surface area contributed by atoms with Crippen LogP contribution in [0, 0.1) is 0 Å². The fraction of sp³-hybridized carbons (Fsp3) is 0.429. The van der Waals surface area contributed by atoms with Gasteiger partial charge in [0, 0.05) is 13.1 Å². The summed E-state index contributed by atoms with van der Waals surface area (Å²) in [5, 5.41) is 3.61. The molecule has 2 aromatic rings. The smallest absolute Gasteiger partial charge is 0.231 e. The van der Waals surface area contributed by atoms with Crippen LogP contribution in [0.15, 0.2) is 30.3 Å². The normalized spacial score (nSPS) is 17.7. The second kappa shape index (κ2) is 7.66. The summed E-state index contributed by atoms with van der Waals surface area (Å²) in [4.78, 5) is 2.09. The molecule has 1 atom stereocenters. The number of fused-ring (bicyclic) bond motifs is 2. The minimum absolute atomic E-state index is 0.0907. The predicted molar refractivity (Wildman–Crippen MR) is 103 cm³/mol. The van der Waals surface area contributed by atoms with Gasteiger partial charge in [-0.1, -0.05) is 6.07 Å². The van der Waals surface area contributed by atoms with Crippen LogP contribution in [0.1, 0.15) is 22.7 Å². The van der Waals surface area contributed by atoms with E-state index in [1.807, 2.05) is 20.2 Å². The molecule has 0 fully saturated rings. The van der Waals surface area contributed by atoms with E-state index in [9.17, 15) is 0 Å². The van der Waals surface area contributed by atoms with Crippen LogP contribution in [-0.4, -0.2) is 52.6 Å². The third kappa shape index (κ3) is 3.68. The summed E-state index contributed by atoms with van der Waals surface area (Å²) in [5.41, 5.74) is 3.67. The number of nitrogens with zero attached hydrogens (tertiary/aromatic N) is 1. The van der Waals surface area contributed by atoms with Crippen LogP contribution < -0.4 is 24.3 Å². The number of hydrogen-bond acceptors (Lipinski definition) is 6. The van der Waals surface area contributed by atoms with Crippen molar-refractivity contribution >= 4 is 0 Å². The molecule has 2 aromatic carbocycles. The van der Waals surface area contributed by atoms with Gasteiger partial charge in [-0.3, -0.25) is 0 Å². The zero-order valence-electron chi connectivity index (χ0n) is 16.1. The second-order valence-corrected chi connectivity index (χ2v) is 7.10. The Labute approximate surface area is 160 Å². The Morgan fingerprint density at radius 2 is 1.93 bits per heavy atom. The van der Waals surface area contributed by atoms with E-state index in [0.29, 0.717) is 13.4 Å². The Kier molecular flexibility index (Phi) is 5.09. The summed E-state index contributed by atoms with van der Waals surface area (Å²) >= 11 is 0. The van der Waals surface area contributed by atoms with Gasteiger partial charge in [0.25, 0.3) is 0 Å². The lowest BCUT2D eigenvalue weighted by molar-refractivity contribution is 0.174. The molecule has 6 heteroatoms. The molecule has 0 amide bonds. The lowest BCUT2D eigenvalue weighted by Crippen LogP contribution is -2.30. The highest BCUT2D eigenvalue weighted by molar-refractivity contribution is 5.54. The first-order valence-electron chi connectivity index (χ1n) is 9.27. The van der Waals surface area contributed by atoms with E-state index < -0.39 is 0 Å². The molecule has 0 saturated heterocycles. The Bertz CT molecular complexity index is 822. The minimum atomic E-state index is 0.0907. The number of methoxy groups -OCH3 is 1. The molecule has 0 aliphatic carbocycles. The summed E-state index contributed by atoms with van der Waals surface area (Å²) in [6.07, 6.45) is 0.978. The van der Waals surface area contributed by atoms with E-state index in [2.05, 4.69) is 34.5 Å². The van der Waals surface area contributed by atoms with Crippen LogP contribution in [0.2, 0.25) is 0 Å². The third-order valence-electron chi connectivity index (χ3n) is 5.01. The molecule has 27 heavy (non-hydrogen) atoms. The topological polar surface area (TPSA) is 52.2 Å². The predicted octanol–water partition coefficient (Wildman–Crippen LogP) is 2.60. The van der Waals surface area contributed by atoms with Crippen molar-refractivity contribution in [3.8, 4) is 23.0 Å². The van der Waals surface area contributed by atoms with Gasteiger partial charge in [-0.05, 0) is 61.5 Å². The van der Waals surface area contributed by atoms with Gasteiger partial charge in [0.1, 0.15) is 6.61 Å². The average molecular weight is 370 g/mol. The molecule has 2 aliphatic rings. The van der Waals surface area contributed by atoms with Gasteiger partial charge in [0.05, 0.1) is 13.2 Å². The first-order chi connectivity index (χ1) is 13.2. The van der Waals surface area contributed by atoms with Crippen molar-refractivity contribution in [2.45, 2.75) is 12.5 Å². The number of benzene rings is 2. The zero-order chi connectivity index (χ0) is 18.8. The van der Waals surface area contributed by atoms with Gasteiger partial charge in [-0.25, -0.2) is 0 Å². The molecule has 0 aromatic heterocycles. The molecule has 1 unspecified atom stereocenters. The molecular formula is C21H26N2O4. The quantitative estimate of drug-likeness (QED) is 0.844. The molecule has 144 valence electrons. The van der Waals surface area contributed by atoms with Gasteiger partial charge < -0.3 is 29.2 Å². The van der Waals surface area contributed by atoms with Crippen LogP contribution in [0.5, 0.6) is 23.0 Å². The molecule has 0 spiro atoms. The lowest BCUT2D eigenvalue weighted by atomic mass is 9.89. The molecular weight excluding hydrogens is 344 g/mol. The summed E-state index contributed by atoms with van der Waals surface area (Å²) in [6, 6.07) is 10.5. The number of rotatable bonds is 6. The van der Waals surface area contributed by atoms with Gasteiger partial charge >= 0.3 is 0 Å². The maximum atomic E-state index is 5.89. The Balaban J connectivity index is 1.61. The number of nitrogens with one attached hydrogen (secondary N) is 1. The van der Waals surface area contributed by atoms with Crippen molar-refractivity contribution in [1.29, 1.82) is 0 Å². The highest BCUT2D eigenvalue weighted by Crippen LogP contribution is 2.41. The lowest BCUT2D eigenvalue weighted by Gasteiger charge is -2.28. The van der Waals surface area contributed by atoms with E-state index in [0.717, 1.165) is 48.1 Å². The number of likely N-dealkylation sites (N-methyl/N-ethyl adjacent to an activating group) is 1. The number of hydrogen-bond donors (Lipinski definition) is 1. The zero-order valence-corrected chi connectivity index (χ0v) is 16.1. The van der Waals surface area contributed by atoms with Gasteiger partial charge in [-0.2, -0.15) is 0 Å². The molecule has 0 radical (unpaired) electrons. The van der Waals surface area contributed by atoms with Crippen molar-refractivity contribution in [3.05, 3.63) is 47.0 Å². The summed E-state index contributed by atoms with van der Waals surface area (Å²) in [7, 11) is 5.74. The highest BCUT2D eigenvalue weighted by Gasteiger charge is 2.26. The Morgan fingerprint density at radius 3 is 2.70 bits per heavy atom. The summed E-state index contributed by atoms with van der Waals surface area (Å²) in [6.45, 7) is 2.69. The van der Waals surface area contributed by atoms with Crippen molar-refractivity contribution in [2.75, 3.05) is 47.7 Å². The maximum Gasteiger partial charge on any atom is 0.231 e. The van der Waals surface area contributed by atoms with E-state index in [-0.39, 0.29) is 6.04 Å². The Morgan fingerprint density at radius 1 is 1.11 bits per heavy atom. The number of ether oxygens (including phenoxy) is 4. The summed E-state index contributed by atoms with van der Waals surface area (Å²) in [5.74, 6) is 3.18. The van der Waals surface area contributed by atoms with E-state index in [1.54, 1.807) is 7.11 Å². The fourth-order valence-electron chi connectivity index (χ4n) is 3.56. The SMILES string of the molecule is COc1cc(C2NCCc3cc4c(cc32)OCO4)ccc1OCCN(C)C. The highest BCUT2D eigenvalue weighted by atomic mass is 16.7. The van der Waals surface area contributed by atoms with Crippen LogP contribution in [0.3, 0.4) is 0 Å². The second-order valence-electron chi connectivity index (χ2n) is 7.10. The Hall–Kier alpha value is -2.44. The van der Waals surface area contributed by atoms with Crippen molar-refractivity contribution in [1.82, 2.24) is 10.2 Å². The molecule has 0 bridgehead atoms. The maximum absolute atomic E-state index is 5.89. The van der Waals surface area contributed by atoms with Gasteiger partial charge in [0.15, 0.2) is 23.0 Å². The van der Waals surface area contributed by atoms with Crippen molar-refractivity contribution < 1.29 is 18.9 Å². The third-order valence-corrected chi connectivity index (χ3v) is 5.01. The summed E-state index contributed by atoms with van der Waals surface area (Å²) < 4.78 is 22.6. The monoisotopic (exact) mass is 370 g/mol. The molecule has 4 rings (SSSR count). The van der Waals surface area contributed by atoms with Crippen LogP contribution >= 0.6 is 0 Å². The van der Waals surface area contributed by atoms with Crippen molar-refractivity contribution in [2.24, 2.45) is 0 Å². The van der Waals surface area contributed by atoms with Crippen LogP contribution in [0.4, 0.5) is 0 Å². The van der Waals surface area contributed by atoms with Crippen LogP contribution in [-0.2, 0) is 6.42 Å². The molecule has 2 aliphatic heterocycles. The van der Waals surface area contributed by atoms with Gasteiger partial charge in [0.2, 0.25) is 6.79 Å². The first-order valence-corrected chi connectivity index (χ1v) is 9.27. The minimum Gasteiger partial charge on any atom is -0.493 e. The molecule has 0 saturated carbocycles. The van der Waals surface area contributed by atoms with E-state index >= 15 is 0 Å². The molecule has 1 N–H and O–H groups in total. The van der Waals surface area contributed by atoms with E-state index in [4.69, 9.17) is 18.9 Å². The van der Waals surface area contributed by atoms with E-state index in [1.165, 1.54) is 11.1 Å². The van der Waals surface area contributed by atoms with Crippen LogP contribution in [0.25, 0.3) is 0 Å². The standard InChI is InChI=1S/C21H26N2O4/c1-23(2)8-9-25-17-5-4-15(11-18(17)24-3)21-16-12-20-19(26-13-27-20)10-14(16)6-7-22-21/h4-5,10-12,21-22H,6-9,13H2,1-3H3. The average Bonchev–Trinajstić information content (AvgIpc) is 3.13.